The molecule has 0 fully saturated rings. The predicted molar refractivity (Wildman–Crippen MR) is 109 cm³/mol. The van der Waals surface area contributed by atoms with E-state index in [1.807, 2.05) is 38.1 Å². The van der Waals surface area contributed by atoms with Gasteiger partial charge in [-0.3, -0.25) is 0 Å². The van der Waals surface area contributed by atoms with Gasteiger partial charge in [-0.25, -0.2) is 5.10 Å². The molecule has 2 aromatic carbocycles. The van der Waals surface area contributed by atoms with Crippen LogP contribution in [-0.4, -0.2) is 27.7 Å². The molecule has 0 aliphatic carbocycles. The van der Waals surface area contributed by atoms with E-state index in [9.17, 15) is 13.2 Å². The van der Waals surface area contributed by atoms with Crippen LogP contribution in [0.25, 0.3) is 0 Å². The first-order chi connectivity index (χ1) is 14.3. The number of benzene rings is 2. The van der Waals surface area contributed by atoms with Gasteiger partial charge >= 0.3 is 6.18 Å². The van der Waals surface area contributed by atoms with Crippen LogP contribution in [-0.2, 0) is 12.8 Å². The lowest BCUT2D eigenvalue weighted by molar-refractivity contribution is -0.147. The third-order valence-electron chi connectivity index (χ3n) is 4.01. The number of rotatable bonds is 7. The monoisotopic (exact) mass is 436 g/mol. The van der Waals surface area contributed by atoms with Gasteiger partial charge in [0, 0.05) is 0 Å². The van der Waals surface area contributed by atoms with E-state index >= 15 is 0 Å². The minimum Gasteiger partial charge on any atom is -0.490 e. The normalized spacial score (nSPS) is 11.8. The number of hydrogen-bond donors (Lipinski definition) is 1. The Morgan fingerprint density at radius 2 is 1.87 bits per heavy atom. The van der Waals surface area contributed by atoms with Crippen molar-refractivity contribution in [1.29, 1.82) is 0 Å². The summed E-state index contributed by atoms with van der Waals surface area (Å²) in [5.74, 6) is -0.252. The first-order valence-electron chi connectivity index (χ1n) is 9.02. The quantitative estimate of drug-likeness (QED) is 0.412. The van der Waals surface area contributed by atoms with Gasteiger partial charge in [-0.15, -0.1) is 5.10 Å². The van der Waals surface area contributed by atoms with E-state index in [1.54, 1.807) is 18.2 Å². The van der Waals surface area contributed by atoms with Crippen LogP contribution in [0.1, 0.15) is 29.4 Å². The van der Waals surface area contributed by atoms with Gasteiger partial charge in [0.05, 0.1) is 12.8 Å². The van der Waals surface area contributed by atoms with Gasteiger partial charge in [-0.1, -0.05) is 29.8 Å². The molecule has 0 aliphatic heterocycles. The SMILES string of the molecule is CCOc1cc(/C=N\n2c(C(F)(F)F)n[nH]c2=S)ccc1OCc1ccc(C)cc1. The standard InChI is InChI=1S/C20H19F3N4O2S/c1-3-28-17-10-15(11-24-27-18(20(21,22)23)25-26-19(27)30)8-9-16(17)29-12-14-6-4-13(2)5-7-14/h4-11H,3,12H2,1-2H3,(H,26,30)/b24-11-. The molecule has 0 amide bonds. The van der Waals surface area contributed by atoms with Gasteiger partial charge in [0.2, 0.25) is 4.77 Å². The Morgan fingerprint density at radius 1 is 1.13 bits per heavy atom. The fourth-order valence-electron chi connectivity index (χ4n) is 2.54. The molecule has 3 rings (SSSR count). The van der Waals surface area contributed by atoms with Crippen LogP contribution in [0, 0.1) is 11.7 Å². The first kappa shape index (κ1) is 21.6. The maximum absolute atomic E-state index is 13.0. The lowest BCUT2D eigenvalue weighted by Crippen LogP contribution is -2.12. The summed E-state index contributed by atoms with van der Waals surface area (Å²) in [5, 5.41) is 9.09. The van der Waals surface area contributed by atoms with Crippen LogP contribution in [0.2, 0.25) is 0 Å². The topological polar surface area (TPSA) is 64.4 Å². The van der Waals surface area contributed by atoms with Crippen molar-refractivity contribution in [2.24, 2.45) is 5.10 Å². The highest BCUT2D eigenvalue weighted by Gasteiger charge is 2.37. The molecule has 1 heterocycles. The molecule has 0 saturated heterocycles. The zero-order chi connectivity index (χ0) is 21.7. The van der Waals surface area contributed by atoms with Crippen LogP contribution < -0.4 is 9.47 Å². The predicted octanol–water partition coefficient (Wildman–Crippen LogP) is 5.13. The number of alkyl halides is 3. The molecule has 0 radical (unpaired) electrons. The summed E-state index contributed by atoms with van der Waals surface area (Å²) < 4.78 is 50.7. The fourth-order valence-corrected chi connectivity index (χ4v) is 2.72. The van der Waals surface area contributed by atoms with Crippen molar-refractivity contribution in [2.45, 2.75) is 26.6 Å². The Bertz CT molecular complexity index is 1090. The Morgan fingerprint density at radius 3 is 2.53 bits per heavy atom. The molecule has 0 unspecified atom stereocenters. The number of nitrogens with zero attached hydrogens (tertiary/aromatic N) is 3. The third kappa shape index (κ3) is 5.26. The summed E-state index contributed by atoms with van der Waals surface area (Å²) in [6.45, 7) is 4.58. The van der Waals surface area contributed by atoms with E-state index in [0.717, 1.165) is 11.1 Å². The molecule has 0 spiro atoms. The van der Waals surface area contributed by atoms with Crippen LogP contribution in [0.4, 0.5) is 13.2 Å². The number of aryl methyl sites for hydroxylation is 1. The van der Waals surface area contributed by atoms with Crippen molar-refractivity contribution in [3.63, 3.8) is 0 Å². The van der Waals surface area contributed by atoms with Crippen molar-refractivity contribution < 1.29 is 22.6 Å². The molecule has 3 aromatic rings. The van der Waals surface area contributed by atoms with Gasteiger partial charge in [0.1, 0.15) is 6.61 Å². The second kappa shape index (κ2) is 9.12. The highest BCUT2D eigenvalue weighted by atomic mass is 32.1. The molecule has 10 heteroatoms. The molecule has 1 aromatic heterocycles. The number of ether oxygens (including phenoxy) is 2. The maximum Gasteiger partial charge on any atom is 0.453 e. The Kier molecular flexibility index (Phi) is 6.56. The van der Waals surface area contributed by atoms with Crippen LogP contribution in [0.5, 0.6) is 11.5 Å². The molecule has 30 heavy (non-hydrogen) atoms. The van der Waals surface area contributed by atoms with E-state index < -0.39 is 12.0 Å². The van der Waals surface area contributed by atoms with Gasteiger partial charge < -0.3 is 9.47 Å². The van der Waals surface area contributed by atoms with Crippen molar-refractivity contribution >= 4 is 18.4 Å². The highest BCUT2D eigenvalue weighted by Crippen LogP contribution is 2.30. The minimum atomic E-state index is -4.69. The molecule has 0 saturated carbocycles. The number of nitrogens with one attached hydrogen (secondary N) is 1. The average molecular weight is 436 g/mol. The van der Waals surface area contributed by atoms with Gasteiger partial charge in [0.15, 0.2) is 11.5 Å². The average Bonchev–Trinajstić information content (AvgIpc) is 3.08. The summed E-state index contributed by atoms with van der Waals surface area (Å²) in [6.07, 6.45) is -3.44. The number of hydrogen-bond acceptors (Lipinski definition) is 5. The van der Waals surface area contributed by atoms with Crippen molar-refractivity contribution in [1.82, 2.24) is 14.9 Å². The number of aromatic nitrogens is 3. The van der Waals surface area contributed by atoms with E-state index in [0.29, 0.717) is 35.0 Å². The third-order valence-corrected chi connectivity index (χ3v) is 4.27. The van der Waals surface area contributed by atoms with Gasteiger partial charge in [0.25, 0.3) is 5.82 Å². The highest BCUT2D eigenvalue weighted by molar-refractivity contribution is 7.71. The largest absolute Gasteiger partial charge is 0.490 e. The second-order valence-electron chi connectivity index (χ2n) is 6.32. The Hall–Kier alpha value is -3.14. The van der Waals surface area contributed by atoms with Crippen LogP contribution in [0.15, 0.2) is 47.6 Å². The summed E-state index contributed by atoms with van der Waals surface area (Å²) in [5.41, 5.74) is 2.67. The Labute approximate surface area is 176 Å². The van der Waals surface area contributed by atoms with E-state index in [1.165, 1.54) is 6.21 Å². The lowest BCUT2D eigenvalue weighted by atomic mass is 10.2. The molecule has 0 atom stereocenters. The molecule has 6 nitrogen and oxygen atoms in total. The number of halogens is 3. The fraction of sp³-hybridized carbons (Fsp3) is 0.250. The van der Waals surface area contributed by atoms with Crippen molar-refractivity contribution in [3.05, 3.63) is 69.8 Å². The molecule has 1 N–H and O–H groups in total. The number of aromatic amines is 1. The maximum atomic E-state index is 13.0. The molecular formula is C20H19F3N4O2S. The van der Waals surface area contributed by atoms with Gasteiger partial charge in [-0.05, 0) is 55.4 Å². The molecule has 158 valence electrons. The zero-order valence-corrected chi connectivity index (χ0v) is 17.0. The Balaban J connectivity index is 1.81. The van der Waals surface area contributed by atoms with E-state index in [4.69, 9.17) is 21.7 Å². The summed E-state index contributed by atoms with van der Waals surface area (Å²) in [4.78, 5) is 0. The van der Waals surface area contributed by atoms with Crippen molar-refractivity contribution in [2.75, 3.05) is 6.61 Å². The lowest BCUT2D eigenvalue weighted by Gasteiger charge is -2.13. The summed E-state index contributed by atoms with van der Waals surface area (Å²) in [7, 11) is 0. The first-order valence-corrected chi connectivity index (χ1v) is 9.43. The van der Waals surface area contributed by atoms with Crippen LogP contribution >= 0.6 is 12.2 Å². The zero-order valence-electron chi connectivity index (χ0n) is 16.2. The van der Waals surface area contributed by atoms with E-state index in [2.05, 4.69) is 15.3 Å². The smallest absolute Gasteiger partial charge is 0.453 e. The summed E-state index contributed by atoms with van der Waals surface area (Å²) in [6, 6.07) is 12.9. The molecule has 0 bridgehead atoms. The molecular weight excluding hydrogens is 417 g/mol. The minimum absolute atomic E-state index is 0.262. The van der Waals surface area contributed by atoms with Crippen molar-refractivity contribution in [3.8, 4) is 11.5 Å². The molecule has 0 aliphatic rings. The summed E-state index contributed by atoms with van der Waals surface area (Å²) >= 11 is 4.82. The second-order valence-corrected chi connectivity index (χ2v) is 6.71. The number of H-pyrrole nitrogens is 1. The van der Waals surface area contributed by atoms with E-state index in [-0.39, 0.29) is 4.77 Å². The van der Waals surface area contributed by atoms with Crippen LogP contribution in [0.3, 0.4) is 0 Å². The van der Waals surface area contributed by atoms with Gasteiger partial charge in [-0.2, -0.15) is 22.9 Å².